The number of amides is 1. The molecule has 0 aromatic carbocycles. The number of unbranched alkanes of at least 4 members (excludes halogenated alkanes) is 9. The molecule has 1 amide bonds. The molecule has 0 spiro atoms. The molecule has 0 saturated carbocycles. The highest BCUT2D eigenvalue weighted by atomic mass is 16.5. The smallest absolute Gasteiger partial charge is 0.219 e. The molecule has 0 aromatic heterocycles. The predicted molar refractivity (Wildman–Crippen MR) is 157 cm³/mol. The van der Waals surface area contributed by atoms with Crippen molar-refractivity contribution in [2.45, 2.75) is 123 Å². The van der Waals surface area contributed by atoms with E-state index in [-0.39, 0.29) is 12.5 Å². The van der Waals surface area contributed by atoms with Gasteiger partial charge in [-0.05, 0) is 64.3 Å². The molecule has 218 valence electrons. The van der Waals surface area contributed by atoms with Crippen molar-refractivity contribution in [2.24, 2.45) is 0 Å². The molecular formula is C31H60N2O4. The first-order chi connectivity index (χ1) is 18.1. The number of hydrogen-bond acceptors (Lipinski definition) is 5. The van der Waals surface area contributed by atoms with E-state index in [1.165, 1.54) is 44.9 Å². The summed E-state index contributed by atoms with van der Waals surface area (Å²) in [6.07, 6.45) is 26.1. The first-order valence-electron chi connectivity index (χ1n) is 15.3. The molecule has 6 nitrogen and oxygen atoms in total. The second-order valence-electron chi connectivity index (χ2n) is 10.1. The van der Waals surface area contributed by atoms with E-state index in [1.807, 2.05) is 0 Å². The summed E-state index contributed by atoms with van der Waals surface area (Å²) in [7, 11) is 0. The molecule has 0 aromatic rings. The molecule has 0 bridgehead atoms. The molecule has 1 atom stereocenters. The van der Waals surface area contributed by atoms with Crippen molar-refractivity contribution in [3.8, 4) is 0 Å². The quantitative estimate of drug-likeness (QED) is 0.0842. The molecule has 37 heavy (non-hydrogen) atoms. The van der Waals surface area contributed by atoms with Gasteiger partial charge in [-0.15, -0.1) is 0 Å². The summed E-state index contributed by atoms with van der Waals surface area (Å²) >= 11 is 0. The summed E-state index contributed by atoms with van der Waals surface area (Å²) in [5, 5.41) is 22.0. The standard InChI is InChI=1S/C31H60N2O4/c1-3-5-7-8-9-10-11-12-13-14-15-16-17-18-19-22-31(36)32-23-20-24-33(28-30(35)29-34)25-21-27-37-26-6-4-2/h9-10,12-13,30,34-35H,3-8,11,14-29H2,1-2H3,(H,32,36)/b10-9-,13-12-. The Balaban J connectivity index is 3.69. The third kappa shape index (κ3) is 27.6. The molecule has 0 fully saturated rings. The average molecular weight is 525 g/mol. The average Bonchev–Trinajstić information content (AvgIpc) is 2.90. The van der Waals surface area contributed by atoms with E-state index in [9.17, 15) is 9.90 Å². The van der Waals surface area contributed by atoms with Crippen LogP contribution in [0.2, 0.25) is 0 Å². The van der Waals surface area contributed by atoms with Gasteiger partial charge in [0.15, 0.2) is 0 Å². The van der Waals surface area contributed by atoms with Crippen molar-refractivity contribution >= 4 is 5.91 Å². The molecular weight excluding hydrogens is 464 g/mol. The molecule has 3 N–H and O–H groups in total. The van der Waals surface area contributed by atoms with Crippen LogP contribution in [-0.4, -0.2) is 73.1 Å². The van der Waals surface area contributed by atoms with Gasteiger partial charge in [-0.25, -0.2) is 0 Å². The monoisotopic (exact) mass is 524 g/mol. The minimum absolute atomic E-state index is 0.136. The Bertz CT molecular complexity index is 539. The highest BCUT2D eigenvalue weighted by molar-refractivity contribution is 5.75. The third-order valence-corrected chi connectivity index (χ3v) is 6.41. The van der Waals surface area contributed by atoms with Crippen LogP contribution >= 0.6 is 0 Å². The highest BCUT2D eigenvalue weighted by Crippen LogP contribution is 2.08. The number of carbonyl (C=O) groups excluding carboxylic acids is 1. The van der Waals surface area contributed by atoms with Crippen LogP contribution in [0.25, 0.3) is 0 Å². The van der Waals surface area contributed by atoms with Crippen LogP contribution in [0, 0.1) is 0 Å². The fraction of sp³-hybridized carbons (Fsp3) is 0.839. The van der Waals surface area contributed by atoms with Crippen molar-refractivity contribution in [1.29, 1.82) is 0 Å². The van der Waals surface area contributed by atoms with E-state index in [0.29, 0.717) is 19.5 Å². The Morgan fingerprint density at radius 1 is 0.811 bits per heavy atom. The maximum absolute atomic E-state index is 12.1. The Kier molecular flexibility index (Phi) is 28.4. The van der Waals surface area contributed by atoms with Gasteiger partial charge in [0.2, 0.25) is 5.91 Å². The van der Waals surface area contributed by atoms with E-state index in [1.54, 1.807) is 0 Å². The lowest BCUT2D eigenvalue weighted by atomic mass is 10.1. The van der Waals surface area contributed by atoms with E-state index in [4.69, 9.17) is 9.84 Å². The van der Waals surface area contributed by atoms with Crippen LogP contribution in [0.1, 0.15) is 117 Å². The number of hydrogen-bond donors (Lipinski definition) is 3. The number of nitrogens with zero attached hydrogens (tertiary/aromatic N) is 1. The number of allylic oxidation sites excluding steroid dienone is 4. The molecule has 0 heterocycles. The van der Waals surface area contributed by atoms with Crippen LogP contribution in [0.4, 0.5) is 0 Å². The zero-order valence-electron chi connectivity index (χ0n) is 24.3. The molecule has 1 unspecified atom stereocenters. The van der Waals surface area contributed by atoms with E-state index in [2.05, 4.69) is 48.4 Å². The van der Waals surface area contributed by atoms with Gasteiger partial charge in [0, 0.05) is 39.3 Å². The van der Waals surface area contributed by atoms with Crippen LogP contribution < -0.4 is 5.32 Å². The van der Waals surface area contributed by atoms with Crippen molar-refractivity contribution < 1.29 is 19.7 Å². The maximum Gasteiger partial charge on any atom is 0.219 e. The topological polar surface area (TPSA) is 82.0 Å². The van der Waals surface area contributed by atoms with Gasteiger partial charge in [0.1, 0.15) is 0 Å². The largest absolute Gasteiger partial charge is 0.394 e. The zero-order chi connectivity index (χ0) is 27.2. The Morgan fingerprint density at radius 2 is 1.43 bits per heavy atom. The van der Waals surface area contributed by atoms with E-state index in [0.717, 1.165) is 77.7 Å². The van der Waals surface area contributed by atoms with Gasteiger partial charge >= 0.3 is 0 Å². The van der Waals surface area contributed by atoms with Crippen LogP contribution in [0.5, 0.6) is 0 Å². The van der Waals surface area contributed by atoms with Gasteiger partial charge in [0.25, 0.3) is 0 Å². The van der Waals surface area contributed by atoms with Gasteiger partial charge in [-0.3, -0.25) is 4.79 Å². The lowest BCUT2D eigenvalue weighted by molar-refractivity contribution is -0.121. The minimum Gasteiger partial charge on any atom is -0.394 e. The molecule has 0 aliphatic carbocycles. The third-order valence-electron chi connectivity index (χ3n) is 6.41. The Labute approximate surface area is 228 Å². The fourth-order valence-electron chi connectivity index (χ4n) is 4.10. The predicted octanol–water partition coefficient (Wildman–Crippen LogP) is 6.17. The molecule has 0 aliphatic heterocycles. The lowest BCUT2D eigenvalue weighted by Crippen LogP contribution is -2.37. The summed E-state index contributed by atoms with van der Waals surface area (Å²) in [5.41, 5.74) is 0. The van der Waals surface area contributed by atoms with Crippen LogP contribution in [0.3, 0.4) is 0 Å². The van der Waals surface area contributed by atoms with Crippen molar-refractivity contribution in [3.05, 3.63) is 24.3 Å². The summed E-state index contributed by atoms with van der Waals surface area (Å²) in [5.74, 6) is 0.136. The second-order valence-corrected chi connectivity index (χ2v) is 10.1. The van der Waals surface area contributed by atoms with E-state index < -0.39 is 6.10 Å². The van der Waals surface area contributed by atoms with Crippen LogP contribution in [-0.2, 0) is 9.53 Å². The van der Waals surface area contributed by atoms with Crippen molar-refractivity contribution in [1.82, 2.24) is 10.2 Å². The summed E-state index contributed by atoms with van der Waals surface area (Å²) in [6, 6.07) is 0. The Hall–Kier alpha value is -1.21. The normalized spacial score (nSPS) is 12.8. The lowest BCUT2D eigenvalue weighted by Gasteiger charge is -2.24. The Morgan fingerprint density at radius 3 is 2.14 bits per heavy atom. The van der Waals surface area contributed by atoms with Crippen molar-refractivity contribution in [3.63, 3.8) is 0 Å². The van der Waals surface area contributed by atoms with Gasteiger partial charge < -0.3 is 25.2 Å². The minimum atomic E-state index is -0.728. The second kappa shape index (κ2) is 29.3. The zero-order valence-corrected chi connectivity index (χ0v) is 24.3. The van der Waals surface area contributed by atoms with Gasteiger partial charge in [-0.2, -0.15) is 0 Å². The number of nitrogens with one attached hydrogen (secondary N) is 1. The first-order valence-corrected chi connectivity index (χ1v) is 15.3. The van der Waals surface area contributed by atoms with Gasteiger partial charge in [-0.1, -0.05) is 76.7 Å². The van der Waals surface area contributed by atoms with Crippen molar-refractivity contribution in [2.75, 3.05) is 46.0 Å². The number of aliphatic hydroxyl groups excluding tert-OH is 2. The summed E-state index contributed by atoms with van der Waals surface area (Å²) < 4.78 is 5.62. The highest BCUT2D eigenvalue weighted by Gasteiger charge is 2.11. The summed E-state index contributed by atoms with van der Waals surface area (Å²) in [6.45, 7) is 8.39. The van der Waals surface area contributed by atoms with Gasteiger partial charge in [0.05, 0.1) is 12.7 Å². The molecule has 0 saturated heterocycles. The molecule has 0 aliphatic rings. The summed E-state index contributed by atoms with van der Waals surface area (Å²) in [4.78, 5) is 14.3. The number of rotatable bonds is 28. The number of carbonyl (C=O) groups is 1. The SMILES string of the molecule is CCCCC/C=C\C/C=C\CCCCCCCC(=O)NCCCN(CCCOCCCC)CC(O)CO. The van der Waals surface area contributed by atoms with E-state index >= 15 is 0 Å². The molecule has 0 rings (SSSR count). The fourth-order valence-corrected chi connectivity index (χ4v) is 4.10. The number of ether oxygens (including phenoxy) is 1. The molecule has 0 radical (unpaired) electrons. The molecule has 6 heteroatoms. The number of aliphatic hydroxyl groups is 2. The maximum atomic E-state index is 12.1. The first kappa shape index (κ1) is 35.8. The van der Waals surface area contributed by atoms with Crippen LogP contribution in [0.15, 0.2) is 24.3 Å².